The molecule has 0 radical (unpaired) electrons. The van der Waals surface area contributed by atoms with Gasteiger partial charge in [0, 0.05) is 30.4 Å². The van der Waals surface area contributed by atoms with Crippen LogP contribution >= 0.6 is 0 Å². The average Bonchev–Trinajstić information content (AvgIpc) is 2.83. The summed E-state index contributed by atoms with van der Waals surface area (Å²) in [4.78, 5) is 7.44. The number of aliphatic hydroxyl groups excluding tert-OH is 1. The van der Waals surface area contributed by atoms with E-state index in [-0.39, 0.29) is 12.6 Å². The van der Waals surface area contributed by atoms with Crippen LogP contribution in [-0.4, -0.2) is 34.8 Å². The topological polar surface area (TPSA) is 45.1 Å². The highest BCUT2D eigenvalue weighted by Gasteiger charge is 2.19. The maximum atomic E-state index is 9.80. The maximum Gasteiger partial charge on any atom is 0.125 e. The zero-order valence-corrected chi connectivity index (χ0v) is 20.2. The molecule has 0 saturated heterocycles. The summed E-state index contributed by atoms with van der Waals surface area (Å²) in [6, 6.07) is 26.9. The molecule has 0 spiro atoms. The maximum absolute atomic E-state index is 9.80. The van der Waals surface area contributed by atoms with Crippen LogP contribution in [0.1, 0.15) is 56.0 Å². The standard InChI is InChI=1S/C29H36N2O2/c1-22(2)31(23(3)4)18-17-30-29(26-13-9-6-10-14-26)27-19-25(20-32)15-16-28(27)33-21-24-11-7-5-8-12-24/h5-17,19,22-23,29,32H,18,20-21H2,1-4H3. The molecule has 1 atom stereocenters. The molecule has 3 aromatic rings. The van der Waals surface area contributed by atoms with Gasteiger partial charge in [-0.15, -0.1) is 0 Å². The molecule has 0 saturated carbocycles. The van der Waals surface area contributed by atoms with Gasteiger partial charge in [0.15, 0.2) is 0 Å². The number of benzene rings is 3. The molecule has 33 heavy (non-hydrogen) atoms. The van der Waals surface area contributed by atoms with E-state index in [0.717, 1.165) is 34.5 Å². The summed E-state index contributed by atoms with van der Waals surface area (Å²) >= 11 is 0. The number of ether oxygens (including phenoxy) is 1. The molecule has 174 valence electrons. The van der Waals surface area contributed by atoms with Crippen LogP contribution in [0.3, 0.4) is 0 Å². The minimum Gasteiger partial charge on any atom is -0.489 e. The van der Waals surface area contributed by atoms with E-state index in [0.29, 0.717) is 18.7 Å². The molecule has 0 aliphatic rings. The van der Waals surface area contributed by atoms with Crippen LogP contribution in [0.4, 0.5) is 0 Å². The predicted octanol–water partition coefficient (Wildman–Crippen LogP) is 6.04. The Kier molecular flexibility index (Phi) is 9.23. The molecule has 3 aromatic carbocycles. The minimum absolute atomic E-state index is 0.0222. The Morgan fingerprint density at radius 1 is 0.848 bits per heavy atom. The van der Waals surface area contributed by atoms with Crippen molar-refractivity contribution >= 4 is 6.21 Å². The van der Waals surface area contributed by atoms with Gasteiger partial charge in [0.2, 0.25) is 0 Å². The fourth-order valence-corrected chi connectivity index (χ4v) is 4.02. The normalized spacial score (nSPS) is 12.7. The van der Waals surface area contributed by atoms with Gasteiger partial charge in [-0.05, 0) is 56.5 Å². The van der Waals surface area contributed by atoms with Gasteiger partial charge < -0.3 is 9.84 Å². The molecule has 0 aliphatic heterocycles. The Morgan fingerprint density at radius 2 is 1.48 bits per heavy atom. The Morgan fingerprint density at radius 3 is 2.09 bits per heavy atom. The van der Waals surface area contributed by atoms with E-state index >= 15 is 0 Å². The van der Waals surface area contributed by atoms with Crippen LogP contribution in [0.5, 0.6) is 5.75 Å². The minimum atomic E-state index is -0.218. The monoisotopic (exact) mass is 444 g/mol. The number of aliphatic imine (C=N–C) groups is 1. The van der Waals surface area contributed by atoms with E-state index in [1.807, 2.05) is 60.8 Å². The lowest BCUT2D eigenvalue weighted by Gasteiger charge is -2.29. The van der Waals surface area contributed by atoms with E-state index in [1.54, 1.807) is 0 Å². The van der Waals surface area contributed by atoms with Gasteiger partial charge in [-0.3, -0.25) is 9.89 Å². The van der Waals surface area contributed by atoms with Crippen molar-refractivity contribution in [1.82, 2.24) is 4.90 Å². The van der Waals surface area contributed by atoms with E-state index in [4.69, 9.17) is 9.73 Å². The summed E-state index contributed by atoms with van der Waals surface area (Å²) < 4.78 is 6.26. The second kappa shape index (κ2) is 12.3. The Labute approximate surface area is 198 Å². The molecule has 0 fully saturated rings. The smallest absolute Gasteiger partial charge is 0.125 e. The van der Waals surface area contributed by atoms with Crippen molar-refractivity contribution in [2.24, 2.45) is 4.99 Å². The largest absolute Gasteiger partial charge is 0.489 e. The van der Waals surface area contributed by atoms with E-state index in [1.165, 1.54) is 0 Å². The molecule has 4 nitrogen and oxygen atoms in total. The van der Waals surface area contributed by atoms with Crippen molar-refractivity contribution in [2.45, 2.75) is 59.0 Å². The predicted molar refractivity (Wildman–Crippen MR) is 137 cm³/mol. The SMILES string of the molecule is CC(C)N(CC=NC(c1ccccc1)c1cc(CO)ccc1OCc1ccccc1)C(C)C. The first-order valence-electron chi connectivity index (χ1n) is 11.7. The fraction of sp³-hybridized carbons (Fsp3) is 0.345. The van der Waals surface area contributed by atoms with Crippen LogP contribution in [0.15, 0.2) is 83.9 Å². The Hall–Kier alpha value is -2.95. The number of aliphatic hydroxyl groups is 1. The highest BCUT2D eigenvalue weighted by atomic mass is 16.5. The van der Waals surface area contributed by atoms with Gasteiger partial charge in [-0.25, -0.2) is 0 Å². The second-order valence-electron chi connectivity index (χ2n) is 8.83. The van der Waals surface area contributed by atoms with Crippen molar-refractivity contribution in [1.29, 1.82) is 0 Å². The fourth-order valence-electron chi connectivity index (χ4n) is 4.02. The molecular weight excluding hydrogens is 408 g/mol. The van der Waals surface area contributed by atoms with Crippen molar-refractivity contribution in [3.8, 4) is 5.75 Å². The van der Waals surface area contributed by atoms with E-state index in [2.05, 4.69) is 56.9 Å². The first-order chi connectivity index (χ1) is 16.0. The molecule has 0 bridgehead atoms. The number of hydrogen-bond acceptors (Lipinski definition) is 4. The second-order valence-corrected chi connectivity index (χ2v) is 8.83. The summed E-state index contributed by atoms with van der Waals surface area (Å²) in [7, 11) is 0. The lowest BCUT2D eigenvalue weighted by atomic mass is 9.96. The number of rotatable bonds is 11. The van der Waals surface area contributed by atoms with Gasteiger partial charge in [-0.2, -0.15) is 0 Å². The molecule has 0 aromatic heterocycles. The Balaban J connectivity index is 1.95. The lowest BCUT2D eigenvalue weighted by Crippen LogP contribution is -2.38. The molecule has 0 aliphatic carbocycles. The van der Waals surface area contributed by atoms with Crippen LogP contribution in [-0.2, 0) is 13.2 Å². The molecule has 4 heteroatoms. The average molecular weight is 445 g/mol. The summed E-state index contributed by atoms with van der Waals surface area (Å²) in [5.74, 6) is 0.784. The van der Waals surface area contributed by atoms with Crippen LogP contribution in [0, 0.1) is 0 Å². The van der Waals surface area contributed by atoms with Gasteiger partial charge >= 0.3 is 0 Å². The van der Waals surface area contributed by atoms with Crippen LogP contribution in [0.2, 0.25) is 0 Å². The van der Waals surface area contributed by atoms with Crippen LogP contribution < -0.4 is 4.74 Å². The summed E-state index contributed by atoms with van der Waals surface area (Å²) in [6.07, 6.45) is 2.02. The summed E-state index contributed by atoms with van der Waals surface area (Å²) in [6.45, 7) is 10.1. The quantitative estimate of drug-likeness (QED) is 0.367. The number of hydrogen-bond donors (Lipinski definition) is 1. The molecule has 3 rings (SSSR count). The molecule has 0 heterocycles. The highest BCUT2D eigenvalue weighted by Crippen LogP contribution is 2.34. The van der Waals surface area contributed by atoms with Gasteiger partial charge in [0.05, 0.1) is 6.61 Å². The first-order valence-corrected chi connectivity index (χ1v) is 11.7. The number of nitrogens with zero attached hydrogens (tertiary/aromatic N) is 2. The Bertz CT molecular complexity index is 993. The molecule has 0 amide bonds. The van der Waals surface area contributed by atoms with Gasteiger partial charge in [0.25, 0.3) is 0 Å². The third-order valence-electron chi connectivity index (χ3n) is 5.78. The lowest BCUT2D eigenvalue weighted by molar-refractivity contribution is 0.204. The summed E-state index contributed by atoms with van der Waals surface area (Å²) in [5.41, 5.74) is 4.01. The van der Waals surface area contributed by atoms with Crippen molar-refractivity contribution in [3.63, 3.8) is 0 Å². The van der Waals surface area contributed by atoms with Gasteiger partial charge in [-0.1, -0.05) is 66.7 Å². The first kappa shape index (κ1) is 24.7. The third kappa shape index (κ3) is 7.01. The van der Waals surface area contributed by atoms with Gasteiger partial charge in [0.1, 0.15) is 18.4 Å². The molecular formula is C29H36N2O2. The highest BCUT2D eigenvalue weighted by molar-refractivity contribution is 5.61. The van der Waals surface area contributed by atoms with Crippen molar-refractivity contribution < 1.29 is 9.84 Å². The van der Waals surface area contributed by atoms with Crippen molar-refractivity contribution in [3.05, 3.63) is 101 Å². The summed E-state index contributed by atoms with van der Waals surface area (Å²) in [5, 5.41) is 9.80. The zero-order valence-electron chi connectivity index (χ0n) is 20.2. The zero-order chi connectivity index (χ0) is 23.6. The van der Waals surface area contributed by atoms with E-state index in [9.17, 15) is 5.11 Å². The van der Waals surface area contributed by atoms with Crippen molar-refractivity contribution in [2.75, 3.05) is 6.54 Å². The molecule has 1 unspecified atom stereocenters. The third-order valence-corrected chi connectivity index (χ3v) is 5.78. The van der Waals surface area contributed by atoms with E-state index < -0.39 is 0 Å². The molecule has 1 N–H and O–H groups in total. The van der Waals surface area contributed by atoms with Crippen LogP contribution in [0.25, 0.3) is 0 Å².